The van der Waals surface area contributed by atoms with Crippen LogP contribution in [0.1, 0.15) is 47.1 Å². The molecule has 1 heterocycles. The van der Waals surface area contributed by atoms with Crippen molar-refractivity contribution in [3.63, 3.8) is 0 Å². The van der Waals surface area contributed by atoms with Gasteiger partial charge < -0.3 is 13.9 Å². The summed E-state index contributed by atoms with van der Waals surface area (Å²) in [4.78, 5) is 40.0. The number of β-lactam (4-membered cyclic amide) rings is 1. The Labute approximate surface area is 214 Å². The highest BCUT2D eigenvalue weighted by Gasteiger charge is 2.55. The van der Waals surface area contributed by atoms with E-state index in [4.69, 9.17) is 13.9 Å². The number of allylic oxidation sites excluding steroid dienone is 1. The summed E-state index contributed by atoms with van der Waals surface area (Å²) in [6, 6.07) is 9.38. The summed E-state index contributed by atoms with van der Waals surface area (Å²) in [5, 5.41) is -0.468. The Morgan fingerprint density at radius 2 is 1.74 bits per heavy atom. The minimum atomic E-state index is -2.14. The van der Waals surface area contributed by atoms with Gasteiger partial charge in [-0.25, -0.2) is 4.79 Å². The zero-order valence-electron chi connectivity index (χ0n) is 22.3. The lowest BCUT2D eigenvalue weighted by atomic mass is 9.91. The third kappa shape index (κ3) is 6.98. The average Bonchev–Trinajstić information content (AvgIpc) is 2.77. The highest BCUT2D eigenvalue weighted by atomic mass is 32.2. The van der Waals surface area contributed by atoms with Crippen molar-refractivity contribution in [2.24, 2.45) is 5.92 Å². The smallest absolute Gasteiger partial charge is 0.355 e. The van der Waals surface area contributed by atoms with Gasteiger partial charge >= 0.3 is 11.9 Å². The van der Waals surface area contributed by atoms with E-state index in [1.807, 2.05) is 37.3 Å². The molecule has 35 heavy (non-hydrogen) atoms. The molecule has 0 N–H and O–H groups in total. The number of hydrogen-bond donors (Lipinski definition) is 0. The van der Waals surface area contributed by atoms with Crippen LogP contribution in [0.4, 0.5) is 0 Å². The van der Waals surface area contributed by atoms with Gasteiger partial charge in [0.25, 0.3) is 0 Å². The zero-order chi connectivity index (χ0) is 26.6. The zero-order valence-corrected chi connectivity index (χ0v) is 24.2. The van der Waals surface area contributed by atoms with Crippen molar-refractivity contribution in [2.45, 2.75) is 77.8 Å². The number of carbonyl (C=O) groups excluding carboxylic acids is 3. The second-order valence-corrected chi connectivity index (χ2v) is 16.4. The van der Waals surface area contributed by atoms with Crippen LogP contribution < -0.4 is 0 Å². The summed E-state index contributed by atoms with van der Waals surface area (Å²) in [6.07, 6.45) is -0.367. The second-order valence-electron chi connectivity index (χ2n) is 10.5. The van der Waals surface area contributed by atoms with Crippen LogP contribution in [0, 0.1) is 5.92 Å². The first-order valence-corrected chi connectivity index (χ1v) is 15.7. The van der Waals surface area contributed by atoms with Crippen LogP contribution in [0.3, 0.4) is 0 Å². The molecule has 194 valence electrons. The van der Waals surface area contributed by atoms with E-state index in [0.717, 1.165) is 5.56 Å². The van der Waals surface area contributed by atoms with Crippen LogP contribution in [-0.4, -0.2) is 55.4 Å². The lowest BCUT2D eigenvalue weighted by molar-refractivity contribution is -0.159. The molecule has 0 unspecified atom stereocenters. The van der Waals surface area contributed by atoms with Gasteiger partial charge in [-0.05, 0) is 50.0 Å². The number of likely N-dealkylation sites (tertiary alicyclic amines) is 1. The van der Waals surface area contributed by atoms with Crippen LogP contribution in [0.15, 0.2) is 41.6 Å². The molecule has 1 saturated heterocycles. The van der Waals surface area contributed by atoms with Gasteiger partial charge in [-0.15, -0.1) is 11.8 Å². The van der Waals surface area contributed by atoms with Gasteiger partial charge in [0.15, 0.2) is 8.32 Å². The summed E-state index contributed by atoms with van der Waals surface area (Å²) in [6.45, 7) is 16.3. The largest absolute Gasteiger partial charge is 0.468 e. The Bertz CT molecular complexity index is 952. The van der Waals surface area contributed by atoms with Crippen molar-refractivity contribution >= 4 is 37.9 Å². The minimum absolute atomic E-state index is 0.0191. The molecule has 0 bridgehead atoms. The predicted octanol–water partition coefficient (Wildman–Crippen LogP) is 5.12. The maximum Gasteiger partial charge on any atom is 0.355 e. The molecule has 1 fully saturated rings. The van der Waals surface area contributed by atoms with Crippen molar-refractivity contribution in [2.75, 3.05) is 12.9 Å². The number of ether oxygens (including phenoxy) is 2. The maximum absolute atomic E-state index is 13.5. The Balaban J connectivity index is 2.28. The van der Waals surface area contributed by atoms with Gasteiger partial charge in [0.1, 0.15) is 12.3 Å². The molecule has 7 nitrogen and oxygen atoms in total. The van der Waals surface area contributed by atoms with E-state index in [2.05, 4.69) is 33.9 Å². The number of nitrogens with zero attached hydrogens (tertiary/aromatic N) is 1. The van der Waals surface area contributed by atoms with E-state index in [9.17, 15) is 14.4 Å². The summed E-state index contributed by atoms with van der Waals surface area (Å²) in [5.74, 6) is -1.59. The first-order valence-electron chi connectivity index (χ1n) is 11.8. The quantitative estimate of drug-likeness (QED) is 0.183. The number of hydrogen-bond acceptors (Lipinski definition) is 7. The van der Waals surface area contributed by atoms with E-state index < -0.39 is 31.5 Å². The Morgan fingerprint density at radius 3 is 2.26 bits per heavy atom. The lowest BCUT2D eigenvalue weighted by Gasteiger charge is -2.51. The van der Waals surface area contributed by atoms with Crippen LogP contribution in [0.2, 0.25) is 18.1 Å². The lowest BCUT2D eigenvalue weighted by Crippen LogP contribution is -2.64. The van der Waals surface area contributed by atoms with E-state index in [0.29, 0.717) is 5.57 Å². The number of carbonyl (C=O) groups is 3. The molecular weight excluding hydrogens is 482 g/mol. The fraction of sp³-hybridized carbons (Fsp3) is 0.577. The van der Waals surface area contributed by atoms with Gasteiger partial charge in [-0.3, -0.25) is 14.5 Å². The first kappa shape index (κ1) is 29.1. The molecule has 0 aliphatic carbocycles. The van der Waals surface area contributed by atoms with Crippen molar-refractivity contribution < 1.29 is 28.3 Å². The molecular formula is C26H39NO6SSi. The van der Waals surface area contributed by atoms with Gasteiger partial charge in [0, 0.05) is 0 Å². The van der Waals surface area contributed by atoms with Crippen molar-refractivity contribution in [1.29, 1.82) is 0 Å². The fourth-order valence-corrected chi connectivity index (χ4v) is 6.35. The first-order chi connectivity index (χ1) is 16.2. The highest BCUT2D eigenvalue weighted by Crippen LogP contribution is 2.45. The standard InChI is InChI=1S/C26H39NO6SSi/c1-17(2)22(25(30)32-15-19-13-11-10-12-14-19)27-23(29)21(24(27)34-16-20(28)31-7)18(3)33-35(8,9)26(4,5)6/h10-14,18,21,24H,15-16H2,1-9H3/t18-,21+,24-/m1/s1. The van der Waals surface area contributed by atoms with Crippen LogP contribution in [0.5, 0.6) is 0 Å². The van der Waals surface area contributed by atoms with Gasteiger partial charge in [-0.1, -0.05) is 51.1 Å². The number of esters is 2. The Kier molecular flexibility index (Phi) is 9.78. The van der Waals surface area contributed by atoms with Crippen LogP contribution in [0.25, 0.3) is 0 Å². The highest BCUT2D eigenvalue weighted by molar-refractivity contribution is 8.00. The SMILES string of the molecule is COC(=O)CS[C@@H]1[C@@H]([C@@H](C)O[Si](C)(C)C(C)(C)C)C(=O)N1C(C(=O)OCc1ccccc1)=C(C)C. The Morgan fingerprint density at radius 1 is 1.14 bits per heavy atom. The third-order valence-electron chi connectivity index (χ3n) is 6.60. The summed E-state index contributed by atoms with van der Waals surface area (Å²) in [7, 11) is -0.813. The molecule has 0 saturated carbocycles. The molecule has 0 spiro atoms. The number of amides is 1. The van der Waals surface area contributed by atoms with Gasteiger partial charge in [0.2, 0.25) is 5.91 Å². The van der Waals surface area contributed by atoms with Crippen LogP contribution in [-0.2, 0) is 34.9 Å². The molecule has 0 radical (unpaired) electrons. The molecule has 1 amide bonds. The van der Waals surface area contributed by atoms with Gasteiger partial charge in [0.05, 0.1) is 30.3 Å². The number of methoxy groups -OCH3 is 1. The van der Waals surface area contributed by atoms with Crippen molar-refractivity contribution in [1.82, 2.24) is 4.90 Å². The molecule has 1 aromatic carbocycles. The Hall–Kier alpha value is -2.10. The molecule has 3 atom stereocenters. The van der Waals surface area contributed by atoms with Crippen LogP contribution >= 0.6 is 11.8 Å². The van der Waals surface area contributed by atoms with E-state index >= 15 is 0 Å². The van der Waals surface area contributed by atoms with Gasteiger partial charge in [-0.2, -0.15) is 0 Å². The van der Waals surface area contributed by atoms with E-state index in [1.165, 1.54) is 23.8 Å². The normalized spacial score (nSPS) is 19.0. The molecule has 1 aliphatic heterocycles. The third-order valence-corrected chi connectivity index (χ3v) is 12.4. The predicted molar refractivity (Wildman–Crippen MR) is 141 cm³/mol. The summed E-state index contributed by atoms with van der Waals surface area (Å²) < 4.78 is 16.9. The molecule has 1 aliphatic rings. The van der Waals surface area contributed by atoms with Crippen molar-refractivity contribution in [3.8, 4) is 0 Å². The second kappa shape index (κ2) is 11.8. The topological polar surface area (TPSA) is 82.1 Å². The number of benzene rings is 1. The maximum atomic E-state index is 13.5. The minimum Gasteiger partial charge on any atom is -0.468 e. The monoisotopic (exact) mass is 521 g/mol. The fourth-order valence-electron chi connectivity index (χ4n) is 3.60. The number of rotatable bonds is 10. The molecule has 1 aromatic rings. The van der Waals surface area contributed by atoms with Crippen molar-refractivity contribution in [3.05, 3.63) is 47.2 Å². The summed E-state index contributed by atoms with van der Waals surface area (Å²) >= 11 is 1.28. The summed E-state index contributed by atoms with van der Waals surface area (Å²) in [5.41, 5.74) is 1.73. The average molecular weight is 522 g/mol. The molecule has 0 aromatic heterocycles. The van der Waals surface area contributed by atoms with E-state index in [-0.39, 0.29) is 35.1 Å². The number of thioether (sulfide) groups is 1. The molecule has 9 heteroatoms. The molecule has 2 rings (SSSR count). The van der Waals surface area contributed by atoms with E-state index in [1.54, 1.807) is 13.8 Å².